The van der Waals surface area contributed by atoms with Crippen LogP contribution in [0.15, 0.2) is 18.3 Å². The van der Waals surface area contributed by atoms with Gasteiger partial charge in [0.2, 0.25) is 0 Å². The highest BCUT2D eigenvalue weighted by Crippen LogP contribution is 2.35. The lowest BCUT2D eigenvalue weighted by atomic mass is 9.91. The molecule has 162 valence electrons. The molecule has 8 nitrogen and oxygen atoms in total. The zero-order chi connectivity index (χ0) is 21.8. The van der Waals surface area contributed by atoms with E-state index in [1.54, 1.807) is 33.0 Å². The summed E-state index contributed by atoms with van der Waals surface area (Å²) >= 11 is 0. The Bertz CT molecular complexity index is 806. The highest BCUT2D eigenvalue weighted by atomic mass is 16.6. The molecule has 2 aliphatic heterocycles. The fourth-order valence-corrected chi connectivity index (χ4v) is 3.83. The molecule has 1 N–H and O–H groups in total. The first-order chi connectivity index (χ1) is 14.2. The summed E-state index contributed by atoms with van der Waals surface area (Å²) < 4.78 is 10.9. The summed E-state index contributed by atoms with van der Waals surface area (Å²) in [5, 5.41) is 2.85. The summed E-state index contributed by atoms with van der Waals surface area (Å²) in [6, 6.07) is 3.68. The zero-order valence-electron chi connectivity index (χ0n) is 17.9. The number of carbonyl (C=O) groups is 2. The van der Waals surface area contributed by atoms with Crippen molar-refractivity contribution >= 4 is 23.5 Å². The van der Waals surface area contributed by atoms with E-state index in [2.05, 4.69) is 21.1 Å². The Balaban J connectivity index is 1.75. The van der Waals surface area contributed by atoms with Gasteiger partial charge in [-0.2, -0.15) is 0 Å². The summed E-state index contributed by atoms with van der Waals surface area (Å²) in [4.78, 5) is 34.1. The van der Waals surface area contributed by atoms with E-state index in [0.29, 0.717) is 38.4 Å². The number of aromatic nitrogens is 1. The largest absolute Gasteiger partial charge is 0.444 e. The number of ether oxygens (including phenoxy) is 2. The summed E-state index contributed by atoms with van der Waals surface area (Å²) in [5.74, 6) is 2.65. The number of anilines is 2. The molecule has 0 saturated carbocycles. The minimum absolute atomic E-state index is 0.115. The third kappa shape index (κ3) is 4.85. The number of carbonyl (C=O) groups excluding carboxylic acids is 2. The predicted octanol–water partition coefficient (Wildman–Crippen LogP) is 2.65. The molecule has 2 fully saturated rings. The number of amides is 2. The molecule has 1 atom stereocenters. The van der Waals surface area contributed by atoms with E-state index in [1.807, 2.05) is 6.07 Å². The molecule has 3 rings (SSSR count). The van der Waals surface area contributed by atoms with Crippen LogP contribution in [0.3, 0.4) is 0 Å². The Morgan fingerprint density at radius 3 is 2.63 bits per heavy atom. The predicted molar refractivity (Wildman–Crippen MR) is 114 cm³/mol. The normalized spacial score (nSPS) is 21.8. The molecular weight excluding hydrogens is 384 g/mol. The van der Waals surface area contributed by atoms with Gasteiger partial charge in [-0.05, 0) is 45.7 Å². The number of morpholine rings is 1. The van der Waals surface area contributed by atoms with Crippen LogP contribution in [0.4, 0.5) is 16.3 Å². The van der Waals surface area contributed by atoms with Gasteiger partial charge in [0.15, 0.2) is 0 Å². The third-order valence-corrected chi connectivity index (χ3v) is 5.29. The topological polar surface area (TPSA) is 84.0 Å². The summed E-state index contributed by atoms with van der Waals surface area (Å²) in [7, 11) is 0. The SMILES string of the molecule is C#CC[C@]1(C(=O)Nc2ccc(N3CCOCC3)cn2)CCCN1C(=O)OC(C)(C)C. The fourth-order valence-electron chi connectivity index (χ4n) is 3.83. The minimum Gasteiger partial charge on any atom is -0.444 e. The number of hydrogen-bond donors (Lipinski definition) is 1. The number of likely N-dealkylation sites (tertiary alicyclic amines) is 1. The second-order valence-corrected chi connectivity index (χ2v) is 8.60. The standard InChI is InChI=1S/C22H30N4O4/c1-5-9-22(10-6-11-26(22)20(28)30-21(2,3)4)19(27)24-18-8-7-17(16-23-18)25-12-14-29-15-13-25/h1,7-8,16H,6,9-15H2,2-4H3,(H,23,24,27)/t22-/m1/s1. The van der Waals surface area contributed by atoms with Crippen LogP contribution in [0.5, 0.6) is 0 Å². The molecule has 0 radical (unpaired) electrons. The lowest BCUT2D eigenvalue weighted by Crippen LogP contribution is -2.56. The Labute approximate surface area is 177 Å². The van der Waals surface area contributed by atoms with Crippen molar-refractivity contribution in [2.45, 2.75) is 51.2 Å². The van der Waals surface area contributed by atoms with E-state index in [9.17, 15) is 9.59 Å². The summed E-state index contributed by atoms with van der Waals surface area (Å²) in [6.07, 6.45) is 8.05. The molecule has 8 heteroatoms. The van der Waals surface area contributed by atoms with Crippen LogP contribution in [-0.2, 0) is 14.3 Å². The lowest BCUT2D eigenvalue weighted by Gasteiger charge is -2.36. The Morgan fingerprint density at radius 1 is 1.30 bits per heavy atom. The highest BCUT2D eigenvalue weighted by Gasteiger charge is 2.50. The average molecular weight is 415 g/mol. The van der Waals surface area contributed by atoms with Crippen LogP contribution in [-0.4, -0.2) is 65.9 Å². The molecule has 0 unspecified atom stereocenters. The van der Waals surface area contributed by atoms with Crippen molar-refractivity contribution in [2.75, 3.05) is 43.1 Å². The van der Waals surface area contributed by atoms with Crippen molar-refractivity contribution in [1.82, 2.24) is 9.88 Å². The Kier molecular flexibility index (Phi) is 6.52. The van der Waals surface area contributed by atoms with E-state index < -0.39 is 17.2 Å². The number of rotatable bonds is 4. The van der Waals surface area contributed by atoms with Crippen LogP contribution in [0, 0.1) is 12.3 Å². The van der Waals surface area contributed by atoms with E-state index in [-0.39, 0.29) is 12.3 Å². The highest BCUT2D eigenvalue weighted by molar-refractivity contribution is 6.00. The number of hydrogen-bond acceptors (Lipinski definition) is 6. The molecule has 2 amide bonds. The first-order valence-corrected chi connectivity index (χ1v) is 10.3. The Hall–Kier alpha value is -2.79. The van der Waals surface area contributed by atoms with Gasteiger partial charge in [-0.1, -0.05) is 0 Å². The van der Waals surface area contributed by atoms with Gasteiger partial charge in [0.25, 0.3) is 5.91 Å². The van der Waals surface area contributed by atoms with Gasteiger partial charge in [-0.25, -0.2) is 9.78 Å². The zero-order valence-corrected chi connectivity index (χ0v) is 17.9. The molecule has 3 heterocycles. The van der Waals surface area contributed by atoms with Gasteiger partial charge in [0, 0.05) is 26.1 Å². The molecule has 0 bridgehead atoms. The molecule has 2 aliphatic rings. The summed E-state index contributed by atoms with van der Waals surface area (Å²) in [5.41, 5.74) is -0.817. The third-order valence-electron chi connectivity index (χ3n) is 5.29. The number of pyridine rings is 1. The summed E-state index contributed by atoms with van der Waals surface area (Å²) in [6.45, 7) is 8.80. The lowest BCUT2D eigenvalue weighted by molar-refractivity contribution is -0.126. The quantitative estimate of drug-likeness (QED) is 0.763. The van der Waals surface area contributed by atoms with Gasteiger partial charge in [0.05, 0.1) is 25.1 Å². The van der Waals surface area contributed by atoms with Crippen molar-refractivity contribution in [1.29, 1.82) is 0 Å². The van der Waals surface area contributed by atoms with Crippen molar-refractivity contribution in [3.05, 3.63) is 18.3 Å². The van der Waals surface area contributed by atoms with Crippen molar-refractivity contribution < 1.29 is 19.1 Å². The number of nitrogens with one attached hydrogen (secondary N) is 1. The van der Waals surface area contributed by atoms with Gasteiger partial charge >= 0.3 is 6.09 Å². The molecule has 1 aromatic heterocycles. The van der Waals surface area contributed by atoms with Crippen LogP contribution >= 0.6 is 0 Å². The molecule has 1 aromatic rings. The van der Waals surface area contributed by atoms with Crippen molar-refractivity contribution in [3.8, 4) is 12.3 Å². The first-order valence-electron chi connectivity index (χ1n) is 10.3. The van der Waals surface area contributed by atoms with Crippen LogP contribution < -0.4 is 10.2 Å². The molecular formula is C22H30N4O4. The smallest absolute Gasteiger partial charge is 0.411 e. The van der Waals surface area contributed by atoms with Crippen LogP contribution in [0.1, 0.15) is 40.0 Å². The molecule has 0 spiro atoms. The average Bonchev–Trinajstić information content (AvgIpc) is 3.13. The monoisotopic (exact) mass is 414 g/mol. The van der Waals surface area contributed by atoms with Crippen molar-refractivity contribution in [2.24, 2.45) is 0 Å². The van der Waals surface area contributed by atoms with Crippen molar-refractivity contribution in [3.63, 3.8) is 0 Å². The van der Waals surface area contributed by atoms with Gasteiger partial charge in [-0.3, -0.25) is 9.69 Å². The maximum absolute atomic E-state index is 13.3. The number of terminal acetylenes is 1. The van der Waals surface area contributed by atoms with Gasteiger partial charge in [-0.15, -0.1) is 12.3 Å². The maximum Gasteiger partial charge on any atom is 0.411 e. The maximum atomic E-state index is 13.3. The van der Waals surface area contributed by atoms with E-state index in [4.69, 9.17) is 15.9 Å². The van der Waals surface area contributed by atoms with E-state index >= 15 is 0 Å². The van der Waals surface area contributed by atoms with Gasteiger partial charge in [0.1, 0.15) is 17.0 Å². The molecule has 0 aliphatic carbocycles. The minimum atomic E-state index is -1.14. The second kappa shape index (κ2) is 8.92. The van der Waals surface area contributed by atoms with Crippen LogP contribution in [0.25, 0.3) is 0 Å². The second-order valence-electron chi connectivity index (χ2n) is 8.60. The molecule has 0 aromatic carbocycles. The van der Waals surface area contributed by atoms with Crippen LogP contribution in [0.2, 0.25) is 0 Å². The fraction of sp³-hybridized carbons (Fsp3) is 0.591. The molecule has 30 heavy (non-hydrogen) atoms. The van der Waals surface area contributed by atoms with E-state index in [1.165, 1.54) is 4.90 Å². The Morgan fingerprint density at radius 2 is 2.03 bits per heavy atom. The first kappa shape index (κ1) is 21.9. The van der Waals surface area contributed by atoms with E-state index in [0.717, 1.165) is 18.8 Å². The number of nitrogens with zero attached hydrogens (tertiary/aromatic N) is 3. The van der Waals surface area contributed by atoms with Gasteiger partial charge < -0.3 is 19.7 Å². The molecule has 2 saturated heterocycles.